The Bertz CT molecular complexity index is 475. The van der Waals surface area contributed by atoms with Crippen LogP contribution >= 0.6 is 11.6 Å². The average molecular weight is 283 g/mol. The monoisotopic (exact) mass is 282 g/mol. The molecule has 0 aliphatic heterocycles. The summed E-state index contributed by atoms with van der Waals surface area (Å²) in [6.07, 6.45) is 0. The molecular formula is C14H19ClN2O2. The van der Waals surface area contributed by atoms with Gasteiger partial charge in [-0.25, -0.2) is 0 Å². The third-order valence-corrected chi connectivity index (χ3v) is 3.23. The maximum absolute atomic E-state index is 11.7. The number of rotatable bonds is 5. The zero-order valence-corrected chi connectivity index (χ0v) is 12.2. The molecular weight excluding hydrogens is 264 g/mol. The topological polar surface area (TPSA) is 58.2 Å². The van der Waals surface area contributed by atoms with Gasteiger partial charge in [0.2, 0.25) is 5.91 Å². The summed E-state index contributed by atoms with van der Waals surface area (Å²) < 4.78 is 0. The van der Waals surface area contributed by atoms with Gasteiger partial charge in [0, 0.05) is 29.6 Å². The quantitative estimate of drug-likeness (QED) is 0.816. The molecule has 0 saturated heterocycles. The number of nitrogens with one attached hydrogen (secondary N) is 2. The van der Waals surface area contributed by atoms with Gasteiger partial charge in [-0.05, 0) is 37.6 Å². The van der Waals surface area contributed by atoms with Crippen molar-refractivity contribution >= 4 is 29.1 Å². The molecule has 2 amide bonds. The molecule has 0 radical (unpaired) electrons. The first-order valence-corrected chi connectivity index (χ1v) is 6.78. The maximum Gasteiger partial charge on any atom is 0.251 e. The van der Waals surface area contributed by atoms with Crippen molar-refractivity contribution in [2.45, 2.75) is 20.8 Å². The number of carbonyl (C=O) groups is 2. The minimum Gasteiger partial charge on any atom is -0.352 e. The Balaban J connectivity index is 2.83. The fourth-order valence-electron chi connectivity index (χ4n) is 1.53. The van der Waals surface area contributed by atoms with Crippen molar-refractivity contribution in [3.63, 3.8) is 0 Å². The Morgan fingerprint density at radius 1 is 1.37 bits per heavy atom. The lowest BCUT2D eigenvalue weighted by atomic mass is 10.1. The highest BCUT2D eigenvalue weighted by atomic mass is 35.5. The van der Waals surface area contributed by atoms with E-state index in [-0.39, 0.29) is 23.6 Å². The van der Waals surface area contributed by atoms with Crippen molar-refractivity contribution in [3.8, 4) is 0 Å². The van der Waals surface area contributed by atoms with E-state index in [0.717, 1.165) is 5.56 Å². The fraction of sp³-hybridized carbons (Fsp3) is 0.429. The molecule has 104 valence electrons. The molecule has 1 aromatic rings. The molecule has 0 heterocycles. The minimum absolute atomic E-state index is 0.113. The number of hydrogen-bond donors (Lipinski definition) is 2. The highest BCUT2D eigenvalue weighted by molar-refractivity contribution is 6.19. The zero-order valence-electron chi connectivity index (χ0n) is 11.4. The second-order valence-corrected chi connectivity index (χ2v) is 4.74. The van der Waals surface area contributed by atoms with Crippen molar-refractivity contribution in [1.82, 2.24) is 5.32 Å². The van der Waals surface area contributed by atoms with Gasteiger partial charge in [0.25, 0.3) is 5.91 Å². The number of halogens is 1. The van der Waals surface area contributed by atoms with Crippen LogP contribution in [0.1, 0.15) is 29.8 Å². The Morgan fingerprint density at radius 3 is 2.58 bits per heavy atom. The number of alkyl halides is 1. The standard InChI is InChI=1S/C14H19ClN2O2/c1-4-16-14(19)11-5-6-12(9(2)7-11)17-13(18)10(3)8-15/h5-7,10H,4,8H2,1-3H3,(H,16,19)(H,17,18). The molecule has 0 fully saturated rings. The SMILES string of the molecule is CCNC(=O)c1ccc(NC(=O)C(C)CCl)c(C)c1. The predicted molar refractivity (Wildman–Crippen MR) is 77.7 cm³/mol. The first-order chi connectivity index (χ1) is 8.99. The number of carbonyl (C=O) groups excluding carboxylic acids is 2. The zero-order chi connectivity index (χ0) is 14.4. The fourth-order valence-corrected chi connectivity index (χ4v) is 1.67. The van der Waals surface area contributed by atoms with E-state index < -0.39 is 0 Å². The maximum atomic E-state index is 11.7. The van der Waals surface area contributed by atoms with Crippen LogP contribution in [0.3, 0.4) is 0 Å². The van der Waals surface area contributed by atoms with Gasteiger partial charge in [-0.2, -0.15) is 0 Å². The van der Waals surface area contributed by atoms with E-state index >= 15 is 0 Å². The molecule has 4 nitrogen and oxygen atoms in total. The summed E-state index contributed by atoms with van der Waals surface area (Å²) in [5.74, 6) is -0.201. The van der Waals surface area contributed by atoms with E-state index in [1.54, 1.807) is 25.1 Å². The van der Waals surface area contributed by atoms with Crippen LogP contribution in [-0.4, -0.2) is 24.2 Å². The Morgan fingerprint density at radius 2 is 2.05 bits per heavy atom. The lowest BCUT2D eigenvalue weighted by Crippen LogP contribution is -2.24. The van der Waals surface area contributed by atoms with Crippen LogP contribution in [0.2, 0.25) is 0 Å². The van der Waals surface area contributed by atoms with Gasteiger partial charge < -0.3 is 10.6 Å². The van der Waals surface area contributed by atoms with Crippen LogP contribution in [0.15, 0.2) is 18.2 Å². The third-order valence-electron chi connectivity index (χ3n) is 2.76. The summed E-state index contributed by atoms with van der Waals surface area (Å²) in [4.78, 5) is 23.4. The molecule has 0 aliphatic rings. The van der Waals surface area contributed by atoms with E-state index in [1.165, 1.54) is 0 Å². The van der Waals surface area contributed by atoms with Gasteiger partial charge in [-0.1, -0.05) is 6.92 Å². The van der Waals surface area contributed by atoms with Crippen LogP contribution < -0.4 is 10.6 Å². The van der Waals surface area contributed by atoms with E-state index in [1.807, 2.05) is 13.8 Å². The highest BCUT2D eigenvalue weighted by Gasteiger charge is 2.13. The van der Waals surface area contributed by atoms with Crippen LogP contribution in [0.4, 0.5) is 5.69 Å². The second-order valence-electron chi connectivity index (χ2n) is 4.43. The normalized spacial score (nSPS) is 11.8. The van der Waals surface area contributed by atoms with Gasteiger partial charge in [0.15, 0.2) is 0 Å². The van der Waals surface area contributed by atoms with Crippen molar-refractivity contribution in [3.05, 3.63) is 29.3 Å². The molecule has 19 heavy (non-hydrogen) atoms. The summed E-state index contributed by atoms with van der Waals surface area (Å²) in [6, 6.07) is 5.18. The van der Waals surface area contributed by atoms with Gasteiger partial charge >= 0.3 is 0 Å². The third kappa shape index (κ3) is 4.24. The van der Waals surface area contributed by atoms with E-state index in [4.69, 9.17) is 11.6 Å². The summed E-state index contributed by atoms with van der Waals surface area (Å²) in [6.45, 7) is 6.07. The average Bonchev–Trinajstić information content (AvgIpc) is 2.40. The lowest BCUT2D eigenvalue weighted by molar-refractivity contribution is -0.118. The molecule has 1 rings (SSSR count). The van der Waals surface area contributed by atoms with Gasteiger partial charge in [0.05, 0.1) is 0 Å². The second kappa shape index (κ2) is 7.14. The first kappa shape index (κ1) is 15.5. The molecule has 2 N–H and O–H groups in total. The Kier molecular flexibility index (Phi) is 5.83. The van der Waals surface area contributed by atoms with Crippen LogP contribution in [0.25, 0.3) is 0 Å². The summed E-state index contributed by atoms with van der Waals surface area (Å²) in [5, 5.41) is 5.54. The van der Waals surface area contributed by atoms with Crippen LogP contribution in [0.5, 0.6) is 0 Å². The largest absolute Gasteiger partial charge is 0.352 e. The number of benzene rings is 1. The summed E-state index contributed by atoms with van der Waals surface area (Å²) in [7, 11) is 0. The van der Waals surface area contributed by atoms with Crippen molar-refractivity contribution in [1.29, 1.82) is 0 Å². The number of hydrogen-bond acceptors (Lipinski definition) is 2. The van der Waals surface area contributed by atoms with Gasteiger partial charge in [-0.15, -0.1) is 11.6 Å². The summed E-state index contributed by atoms with van der Waals surface area (Å²) in [5.41, 5.74) is 2.14. The molecule has 1 unspecified atom stereocenters. The number of anilines is 1. The van der Waals surface area contributed by atoms with Crippen molar-refractivity contribution in [2.75, 3.05) is 17.7 Å². The Labute approximate surface area is 118 Å². The van der Waals surface area contributed by atoms with E-state index in [9.17, 15) is 9.59 Å². The molecule has 5 heteroatoms. The molecule has 0 aromatic heterocycles. The van der Waals surface area contributed by atoms with Crippen molar-refractivity contribution < 1.29 is 9.59 Å². The van der Waals surface area contributed by atoms with Gasteiger partial charge in [-0.3, -0.25) is 9.59 Å². The van der Waals surface area contributed by atoms with Crippen LogP contribution in [0, 0.1) is 12.8 Å². The smallest absolute Gasteiger partial charge is 0.251 e. The Hall–Kier alpha value is -1.55. The molecule has 1 atom stereocenters. The van der Waals surface area contributed by atoms with Crippen molar-refractivity contribution in [2.24, 2.45) is 5.92 Å². The van der Waals surface area contributed by atoms with Crippen LogP contribution in [-0.2, 0) is 4.79 Å². The molecule has 0 saturated carbocycles. The van der Waals surface area contributed by atoms with Gasteiger partial charge in [0.1, 0.15) is 0 Å². The summed E-state index contributed by atoms with van der Waals surface area (Å²) >= 11 is 5.64. The predicted octanol–water partition coefficient (Wildman–Crippen LogP) is 2.56. The molecule has 0 aliphatic carbocycles. The first-order valence-electron chi connectivity index (χ1n) is 6.25. The number of aryl methyl sites for hydroxylation is 1. The lowest BCUT2D eigenvalue weighted by Gasteiger charge is -2.12. The molecule has 0 bridgehead atoms. The van der Waals surface area contributed by atoms with E-state index in [2.05, 4.69) is 10.6 Å². The highest BCUT2D eigenvalue weighted by Crippen LogP contribution is 2.17. The number of amides is 2. The molecule has 1 aromatic carbocycles. The molecule has 0 spiro atoms. The van der Waals surface area contributed by atoms with E-state index in [0.29, 0.717) is 17.8 Å². The minimum atomic E-state index is -0.246.